The highest BCUT2D eigenvalue weighted by Gasteiger charge is 2.35. The van der Waals surface area contributed by atoms with Crippen LogP contribution in [-0.2, 0) is 19.1 Å². The lowest BCUT2D eigenvalue weighted by molar-refractivity contribution is -0.160. The molecule has 0 spiro atoms. The van der Waals surface area contributed by atoms with E-state index in [1.165, 1.54) is 0 Å². The highest BCUT2D eigenvalue weighted by molar-refractivity contribution is 5.81. The van der Waals surface area contributed by atoms with Gasteiger partial charge in [-0.05, 0) is 47.1 Å². The van der Waals surface area contributed by atoms with Crippen molar-refractivity contribution >= 4 is 11.9 Å². The molecule has 1 aliphatic rings. The molecule has 2 atom stereocenters. The smallest absolute Gasteiger partial charge is 0.323 e. The molecule has 0 aliphatic carbocycles. The summed E-state index contributed by atoms with van der Waals surface area (Å²) >= 11 is 0. The maximum atomic E-state index is 12.2. The summed E-state index contributed by atoms with van der Waals surface area (Å²) in [5.41, 5.74) is -0.499. The Labute approximate surface area is 127 Å². The molecule has 6 heteroatoms. The van der Waals surface area contributed by atoms with Gasteiger partial charge in [0.1, 0.15) is 11.6 Å². The topological polar surface area (TPSA) is 67.9 Å². The maximum absolute atomic E-state index is 12.2. The van der Waals surface area contributed by atoms with Crippen LogP contribution >= 0.6 is 0 Å². The van der Waals surface area contributed by atoms with E-state index in [4.69, 9.17) is 9.47 Å². The van der Waals surface area contributed by atoms with Gasteiger partial charge in [-0.1, -0.05) is 0 Å². The van der Waals surface area contributed by atoms with E-state index < -0.39 is 5.60 Å². The molecular formula is C15H28N2O4. The molecule has 1 N–H and O–H groups in total. The van der Waals surface area contributed by atoms with Crippen LogP contribution in [-0.4, -0.2) is 61.3 Å². The third-order valence-corrected chi connectivity index (χ3v) is 3.21. The van der Waals surface area contributed by atoms with Crippen molar-refractivity contribution < 1.29 is 19.1 Å². The first-order valence-corrected chi connectivity index (χ1v) is 7.48. The van der Waals surface area contributed by atoms with Gasteiger partial charge in [-0.3, -0.25) is 14.5 Å². The van der Waals surface area contributed by atoms with E-state index in [0.717, 1.165) is 19.4 Å². The van der Waals surface area contributed by atoms with Gasteiger partial charge >= 0.3 is 5.97 Å². The van der Waals surface area contributed by atoms with Gasteiger partial charge in [0, 0.05) is 13.2 Å². The summed E-state index contributed by atoms with van der Waals surface area (Å²) in [6.07, 6.45) is 1.65. The summed E-state index contributed by atoms with van der Waals surface area (Å²) in [6, 6.07) is -0.349. The third kappa shape index (κ3) is 6.44. The number of nitrogens with one attached hydrogen (secondary N) is 1. The van der Waals surface area contributed by atoms with E-state index in [-0.39, 0.29) is 30.5 Å². The minimum atomic E-state index is -0.499. The standard InChI is InChI=1S/C15H28N2O4/c1-11(10-20-5)16-13(18)9-17-8-6-7-12(17)14(19)21-15(2,3)4/h11-12H,6-10H2,1-5H3,(H,16,18)/t11?,12-/m0/s1. The van der Waals surface area contributed by atoms with Crippen LogP contribution in [0.2, 0.25) is 0 Å². The minimum absolute atomic E-state index is 0.0370. The second-order valence-electron chi connectivity index (χ2n) is 6.59. The van der Waals surface area contributed by atoms with Gasteiger partial charge in [0.2, 0.25) is 5.91 Å². The molecule has 0 aromatic heterocycles. The maximum Gasteiger partial charge on any atom is 0.323 e. The molecule has 0 bridgehead atoms. The van der Waals surface area contributed by atoms with E-state index in [1.807, 2.05) is 32.6 Å². The Morgan fingerprint density at radius 2 is 2.05 bits per heavy atom. The Balaban J connectivity index is 2.50. The van der Waals surface area contributed by atoms with E-state index in [2.05, 4.69) is 5.32 Å². The molecule has 6 nitrogen and oxygen atoms in total. The van der Waals surface area contributed by atoms with E-state index in [1.54, 1.807) is 7.11 Å². The van der Waals surface area contributed by atoms with Crippen molar-refractivity contribution in [1.29, 1.82) is 0 Å². The number of rotatable bonds is 6. The molecule has 122 valence electrons. The number of nitrogens with zero attached hydrogens (tertiary/aromatic N) is 1. The fourth-order valence-electron chi connectivity index (χ4n) is 2.45. The Morgan fingerprint density at radius 3 is 2.62 bits per heavy atom. The summed E-state index contributed by atoms with van der Waals surface area (Å²) in [4.78, 5) is 26.0. The second kappa shape index (κ2) is 7.75. The Kier molecular flexibility index (Phi) is 6.61. The summed E-state index contributed by atoms with van der Waals surface area (Å²) < 4.78 is 10.4. The lowest BCUT2D eigenvalue weighted by atomic mass is 10.1. The average Bonchev–Trinajstić information content (AvgIpc) is 2.74. The van der Waals surface area contributed by atoms with Crippen molar-refractivity contribution in [1.82, 2.24) is 10.2 Å². The third-order valence-electron chi connectivity index (χ3n) is 3.21. The molecule has 1 heterocycles. The number of likely N-dealkylation sites (tertiary alicyclic amines) is 1. The fraction of sp³-hybridized carbons (Fsp3) is 0.867. The minimum Gasteiger partial charge on any atom is -0.459 e. The fourth-order valence-corrected chi connectivity index (χ4v) is 2.45. The lowest BCUT2D eigenvalue weighted by Gasteiger charge is -2.27. The zero-order valence-electron chi connectivity index (χ0n) is 13.8. The van der Waals surface area contributed by atoms with Crippen LogP contribution < -0.4 is 5.32 Å². The van der Waals surface area contributed by atoms with Gasteiger partial charge in [0.05, 0.1) is 13.2 Å². The van der Waals surface area contributed by atoms with Gasteiger partial charge in [0.25, 0.3) is 0 Å². The monoisotopic (exact) mass is 300 g/mol. The van der Waals surface area contributed by atoms with Crippen molar-refractivity contribution in [3.05, 3.63) is 0 Å². The second-order valence-corrected chi connectivity index (χ2v) is 6.59. The molecule has 1 fully saturated rings. The zero-order chi connectivity index (χ0) is 16.0. The molecule has 1 unspecified atom stereocenters. The van der Waals surface area contributed by atoms with Crippen molar-refractivity contribution in [2.45, 2.75) is 58.2 Å². The Hall–Kier alpha value is -1.14. The van der Waals surface area contributed by atoms with Crippen LogP contribution in [0.4, 0.5) is 0 Å². The van der Waals surface area contributed by atoms with Crippen LogP contribution in [0.5, 0.6) is 0 Å². The summed E-state index contributed by atoms with van der Waals surface area (Å²) in [5, 5.41) is 2.86. The summed E-state index contributed by atoms with van der Waals surface area (Å²) in [7, 11) is 1.60. The van der Waals surface area contributed by atoms with E-state index in [9.17, 15) is 9.59 Å². The molecule has 0 radical (unpaired) electrons. The van der Waals surface area contributed by atoms with Gasteiger partial charge in [0.15, 0.2) is 0 Å². The predicted molar refractivity (Wildman–Crippen MR) is 79.9 cm³/mol. The van der Waals surface area contributed by atoms with Crippen molar-refractivity contribution in [2.75, 3.05) is 26.8 Å². The van der Waals surface area contributed by atoms with Crippen molar-refractivity contribution in [2.24, 2.45) is 0 Å². The predicted octanol–water partition coefficient (Wildman–Crippen LogP) is 0.944. The SMILES string of the molecule is COCC(C)NC(=O)CN1CCC[C@H]1C(=O)OC(C)(C)C. The van der Waals surface area contributed by atoms with Gasteiger partial charge in [-0.25, -0.2) is 0 Å². The number of methoxy groups -OCH3 is 1. The number of carbonyl (C=O) groups is 2. The average molecular weight is 300 g/mol. The van der Waals surface area contributed by atoms with Gasteiger partial charge in [-0.15, -0.1) is 0 Å². The molecule has 0 aromatic carbocycles. The largest absolute Gasteiger partial charge is 0.459 e. The lowest BCUT2D eigenvalue weighted by Crippen LogP contribution is -2.47. The molecule has 0 aromatic rings. The van der Waals surface area contributed by atoms with Crippen LogP contribution in [0.25, 0.3) is 0 Å². The first-order valence-electron chi connectivity index (χ1n) is 7.48. The summed E-state index contributed by atoms with van der Waals surface area (Å²) in [6.45, 7) is 8.88. The van der Waals surface area contributed by atoms with Crippen LogP contribution in [0.15, 0.2) is 0 Å². The number of hydrogen-bond acceptors (Lipinski definition) is 5. The normalized spacial score (nSPS) is 21.1. The number of carbonyl (C=O) groups excluding carboxylic acids is 2. The van der Waals surface area contributed by atoms with Gasteiger partial charge in [-0.2, -0.15) is 0 Å². The van der Waals surface area contributed by atoms with Crippen LogP contribution in [0.3, 0.4) is 0 Å². The molecular weight excluding hydrogens is 272 g/mol. The van der Waals surface area contributed by atoms with Crippen molar-refractivity contribution in [3.63, 3.8) is 0 Å². The number of ether oxygens (including phenoxy) is 2. The van der Waals surface area contributed by atoms with Crippen LogP contribution in [0.1, 0.15) is 40.5 Å². The van der Waals surface area contributed by atoms with E-state index in [0.29, 0.717) is 6.61 Å². The zero-order valence-corrected chi connectivity index (χ0v) is 13.8. The Bertz CT molecular complexity index is 365. The Morgan fingerprint density at radius 1 is 1.38 bits per heavy atom. The molecule has 1 rings (SSSR count). The number of amides is 1. The number of esters is 1. The van der Waals surface area contributed by atoms with Crippen molar-refractivity contribution in [3.8, 4) is 0 Å². The van der Waals surface area contributed by atoms with E-state index >= 15 is 0 Å². The highest BCUT2D eigenvalue weighted by atomic mass is 16.6. The first-order chi connectivity index (χ1) is 9.73. The molecule has 1 saturated heterocycles. The molecule has 1 amide bonds. The molecule has 0 saturated carbocycles. The highest BCUT2D eigenvalue weighted by Crippen LogP contribution is 2.20. The first kappa shape index (κ1) is 17.9. The number of hydrogen-bond donors (Lipinski definition) is 1. The van der Waals surface area contributed by atoms with Crippen LogP contribution in [0, 0.1) is 0 Å². The summed E-state index contributed by atoms with van der Waals surface area (Å²) in [5.74, 6) is -0.326. The quantitative estimate of drug-likeness (QED) is 0.740. The molecule has 21 heavy (non-hydrogen) atoms. The molecule has 1 aliphatic heterocycles. The van der Waals surface area contributed by atoms with Gasteiger partial charge < -0.3 is 14.8 Å².